The fourth-order valence-corrected chi connectivity index (χ4v) is 3.75. The average Bonchev–Trinajstić information content (AvgIpc) is 3.42. The molecule has 1 aromatic heterocycles. The molecule has 142 valence electrons. The second kappa shape index (κ2) is 6.32. The summed E-state index contributed by atoms with van der Waals surface area (Å²) in [4.78, 5) is 31.7. The summed E-state index contributed by atoms with van der Waals surface area (Å²) in [5, 5.41) is 0. The Hall–Kier alpha value is -2.44. The number of alkyl halides is 3. The molecular formula is C20H19F3N2O2. The van der Waals surface area contributed by atoms with Crippen LogP contribution in [-0.4, -0.2) is 15.8 Å². The standard InChI is InChI=1S/C20H19F3N2O2/c21-20(22,23)14-6-4-13(5-7-14)19(8-1-9-19)11-16(26)15-10-17(27)25-18(24-15)12-2-3-12/h4-7,10,12H,1-3,8-9,11H2,(H,24,25,27). The number of ketones is 1. The number of rotatable bonds is 5. The molecule has 7 heteroatoms. The predicted octanol–water partition coefficient (Wildman–Crippen LogP) is 4.36. The Morgan fingerprint density at radius 1 is 1.19 bits per heavy atom. The van der Waals surface area contributed by atoms with Crippen LogP contribution in [0.25, 0.3) is 0 Å². The molecule has 2 aliphatic rings. The van der Waals surface area contributed by atoms with E-state index in [4.69, 9.17) is 0 Å². The van der Waals surface area contributed by atoms with Crippen LogP contribution in [0.4, 0.5) is 13.2 Å². The van der Waals surface area contributed by atoms with Crippen LogP contribution in [-0.2, 0) is 11.6 Å². The predicted molar refractivity (Wildman–Crippen MR) is 92.8 cm³/mol. The number of carbonyl (C=O) groups is 1. The van der Waals surface area contributed by atoms with Gasteiger partial charge in [-0.15, -0.1) is 0 Å². The van der Waals surface area contributed by atoms with Crippen LogP contribution in [0.15, 0.2) is 35.1 Å². The van der Waals surface area contributed by atoms with E-state index in [0.717, 1.165) is 49.8 Å². The summed E-state index contributed by atoms with van der Waals surface area (Å²) in [6, 6.07) is 6.28. The van der Waals surface area contributed by atoms with Gasteiger partial charge in [-0.3, -0.25) is 9.59 Å². The van der Waals surface area contributed by atoms with Gasteiger partial charge in [0.2, 0.25) is 0 Å². The van der Waals surface area contributed by atoms with E-state index in [-0.39, 0.29) is 29.4 Å². The van der Waals surface area contributed by atoms with Crippen molar-refractivity contribution in [1.29, 1.82) is 0 Å². The Kier molecular flexibility index (Phi) is 4.20. The van der Waals surface area contributed by atoms with Crippen LogP contribution in [0.5, 0.6) is 0 Å². The molecular weight excluding hydrogens is 357 g/mol. The first-order valence-electron chi connectivity index (χ1n) is 9.09. The topological polar surface area (TPSA) is 62.8 Å². The molecule has 0 spiro atoms. The number of carbonyl (C=O) groups excluding carboxylic acids is 1. The molecule has 27 heavy (non-hydrogen) atoms. The van der Waals surface area contributed by atoms with Crippen molar-refractivity contribution in [1.82, 2.24) is 9.97 Å². The van der Waals surface area contributed by atoms with E-state index in [1.807, 2.05) is 0 Å². The molecule has 2 saturated carbocycles. The zero-order valence-corrected chi connectivity index (χ0v) is 14.6. The third-order valence-corrected chi connectivity index (χ3v) is 5.64. The highest BCUT2D eigenvalue weighted by Crippen LogP contribution is 2.47. The van der Waals surface area contributed by atoms with Crippen LogP contribution in [0.3, 0.4) is 0 Å². The molecule has 0 amide bonds. The number of halogens is 3. The third-order valence-electron chi connectivity index (χ3n) is 5.64. The van der Waals surface area contributed by atoms with Crippen molar-refractivity contribution in [2.75, 3.05) is 0 Å². The average molecular weight is 376 g/mol. The lowest BCUT2D eigenvalue weighted by molar-refractivity contribution is -0.137. The Bertz CT molecular complexity index is 923. The second-order valence-electron chi connectivity index (χ2n) is 7.60. The summed E-state index contributed by atoms with van der Waals surface area (Å²) in [5.41, 5.74) is -0.614. The Morgan fingerprint density at radius 2 is 1.85 bits per heavy atom. The van der Waals surface area contributed by atoms with Gasteiger partial charge >= 0.3 is 6.18 Å². The first kappa shape index (κ1) is 17.9. The molecule has 2 fully saturated rings. The summed E-state index contributed by atoms with van der Waals surface area (Å²) in [7, 11) is 0. The first-order chi connectivity index (χ1) is 12.8. The lowest BCUT2D eigenvalue weighted by Crippen LogP contribution is -2.37. The summed E-state index contributed by atoms with van der Waals surface area (Å²) in [6.07, 6.45) is 0.0797. The number of nitrogens with zero attached hydrogens (tertiary/aromatic N) is 1. The fraction of sp³-hybridized carbons (Fsp3) is 0.450. The molecule has 0 aliphatic heterocycles. The van der Waals surface area contributed by atoms with Gasteiger partial charge in [0.1, 0.15) is 11.5 Å². The molecule has 0 bridgehead atoms. The van der Waals surface area contributed by atoms with Crippen molar-refractivity contribution in [2.24, 2.45) is 0 Å². The van der Waals surface area contributed by atoms with E-state index < -0.39 is 17.2 Å². The van der Waals surface area contributed by atoms with E-state index >= 15 is 0 Å². The van der Waals surface area contributed by atoms with Crippen LogP contribution >= 0.6 is 0 Å². The maximum Gasteiger partial charge on any atom is 0.416 e. The highest BCUT2D eigenvalue weighted by molar-refractivity contribution is 5.95. The van der Waals surface area contributed by atoms with Gasteiger partial charge in [0.15, 0.2) is 5.78 Å². The quantitative estimate of drug-likeness (QED) is 0.789. The largest absolute Gasteiger partial charge is 0.416 e. The van der Waals surface area contributed by atoms with Gasteiger partial charge in [0.25, 0.3) is 5.56 Å². The lowest BCUT2D eigenvalue weighted by Gasteiger charge is -2.42. The fourth-order valence-electron chi connectivity index (χ4n) is 3.75. The van der Waals surface area contributed by atoms with Crippen LogP contribution < -0.4 is 5.56 Å². The molecule has 2 aromatic rings. The molecule has 2 aliphatic carbocycles. The Balaban J connectivity index is 1.58. The smallest absolute Gasteiger partial charge is 0.310 e. The molecule has 0 saturated heterocycles. The van der Waals surface area contributed by atoms with E-state index in [2.05, 4.69) is 9.97 Å². The van der Waals surface area contributed by atoms with Gasteiger partial charge in [-0.1, -0.05) is 18.6 Å². The van der Waals surface area contributed by atoms with Gasteiger partial charge < -0.3 is 4.98 Å². The minimum atomic E-state index is -4.38. The highest BCUT2D eigenvalue weighted by atomic mass is 19.4. The van der Waals surface area contributed by atoms with Gasteiger partial charge in [-0.2, -0.15) is 13.2 Å². The van der Waals surface area contributed by atoms with E-state index in [9.17, 15) is 22.8 Å². The molecule has 4 rings (SSSR count). The van der Waals surface area contributed by atoms with E-state index in [0.29, 0.717) is 5.82 Å². The highest BCUT2D eigenvalue weighted by Gasteiger charge is 2.41. The zero-order chi connectivity index (χ0) is 19.2. The van der Waals surface area contributed by atoms with Crippen molar-refractivity contribution in [3.63, 3.8) is 0 Å². The van der Waals surface area contributed by atoms with Crippen LogP contribution in [0, 0.1) is 0 Å². The molecule has 4 nitrogen and oxygen atoms in total. The molecule has 0 unspecified atom stereocenters. The van der Waals surface area contributed by atoms with Gasteiger partial charge in [-0.25, -0.2) is 4.98 Å². The molecule has 1 N–H and O–H groups in total. The molecule has 1 aromatic carbocycles. The summed E-state index contributed by atoms with van der Waals surface area (Å²) < 4.78 is 38.4. The number of aromatic nitrogens is 2. The maximum absolute atomic E-state index is 12.8. The molecule has 0 atom stereocenters. The van der Waals surface area contributed by atoms with Crippen molar-refractivity contribution in [3.8, 4) is 0 Å². The van der Waals surface area contributed by atoms with Crippen LogP contribution in [0.1, 0.15) is 71.9 Å². The summed E-state index contributed by atoms with van der Waals surface area (Å²) >= 11 is 0. The molecule has 1 heterocycles. The van der Waals surface area contributed by atoms with E-state index in [1.54, 1.807) is 0 Å². The van der Waals surface area contributed by atoms with Crippen molar-refractivity contribution < 1.29 is 18.0 Å². The Morgan fingerprint density at radius 3 is 2.37 bits per heavy atom. The summed E-state index contributed by atoms with van der Waals surface area (Å²) in [5.74, 6) is 0.545. The van der Waals surface area contributed by atoms with Gasteiger partial charge in [0, 0.05) is 23.8 Å². The minimum absolute atomic E-state index is 0.152. The normalized spacial score (nSPS) is 18.8. The SMILES string of the molecule is O=C(CC1(c2ccc(C(F)(F)F)cc2)CCC1)c1cc(=O)[nH]c(C2CC2)n1. The third kappa shape index (κ3) is 3.55. The minimum Gasteiger partial charge on any atom is -0.310 e. The Labute approximate surface area is 153 Å². The van der Waals surface area contributed by atoms with Crippen molar-refractivity contribution in [3.05, 3.63) is 63.3 Å². The van der Waals surface area contributed by atoms with Crippen LogP contribution in [0.2, 0.25) is 0 Å². The monoisotopic (exact) mass is 376 g/mol. The lowest BCUT2D eigenvalue weighted by atomic mass is 9.61. The first-order valence-corrected chi connectivity index (χ1v) is 9.09. The van der Waals surface area contributed by atoms with Crippen molar-refractivity contribution in [2.45, 2.75) is 56.0 Å². The molecule has 0 radical (unpaired) electrons. The number of hydrogen-bond acceptors (Lipinski definition) is 3. The van der Waals surface area contributed by atoms with E-state index in [1.165, 1.54) is 18.2 Å². The zero-order valence-electron chi connectivity index (χ0n) is 14.6. The number of hydrogen-bond donors (Lipinski definition) is 1. The van der Waals surface area contributed by atoms with Gasteiger partial charge in [0.05, 0.1) is 5.56 Å². The number of nitrogens with one attached hydrogen (secondary N) is 1. The number of Topliss-reactive ketones (excluding diaryl/α,β-unsaturated/α-hetero) is 1. The number of aromatic amines is 1. The van der Waals surface area contributed by atoms with Crippen molar-refractivity contribution >= 4 is 5.78 Å². The number of H-pyrrole nitrogens is 1. The van der Waals surface area contributed by atoms with Gasteiger partial charge in [-0.05, 0) is 43.4 Å². The number of benzene rings is 1. The summed E-state index contributed by atoms with van der Waals surface area (Å²) in [6.45, 7) is 0. The second-order valence-corrected chi connectivity index (χ2v) is 7.60. The maximum atomic E-state index is 12.8.